The van der Waals surface area contributed by atoms with E-state index in [1.54, 1.807) is 0 Å². The number of rotatable bonds is 5. The monoisotopic (exact) mass is 805 g/mol. The SMILES string of the molecule is O=[As]1(c2ccccc2)c2cc(-c3ccccc3)ccc2N2c3ccc(-c4ccccc4)cc3[As](=O)(c3ccccc3)c3cc(-c4ccccc4)cc1c32. The van der Waals surface area contributed by atoms with Gasteiger partial charge in [0.25, 0.3) is 0 Å². The number of nitrogens with zero attached hydrogens (tertiary/aromatic N) is 1. The molecule has 8 aromatic rings. The van der Waals surface area contributed by atoms with E-state index in [0.717, 1.165) is 76.6 Å². The van der Waals surface area contributed by atoms with Crippen LogP contribution in [0.5, 0.6) is 0 Å². The van der Waals surface area contributed by atoms with Gasteiger partial charge in [0.1, 0.15) is 0 Å². The van der Waals surface area contributed by atoms with Crippen LogP contribution in [-0.4, -0.2) is 27.0 Å². The second kappa shape index (κ2) is 12.5. The quantitative estimate of drug-likeness (QED) is 0.169. The third-order valence-electron chi connectivity index (χ3n) is 10.6. The summed E-state index contributed by atoms with van der Waals surface area (Å²) in [5, 5.41) is 0. The van der Waals surface area contributed by atoms with E-state index in [2.05, 4.69) is 89.8 Å². The van der Waals surface area contributed by atoms with E-state index >= 15 is 7.48 Å². The van der Waals surface area contributed by atoms with E-state index in [-0.39, 0.29) is 0 Å². The van der Waals surface area contributed by atoms with Gasteiger partial charge >= 0.3 is 316 Å². The first-order chi connectivity index (χ1) is 26.0. The molecule has 2 atom stereocenters. The van der Waals surface area contributed by atoms with Crippen LogP contribution in [0.25, 0.3) is 33.4 Å². The fourth-order valence-corrected chi connectivity index (χ4v) is 21.4. The summed E-state index contributed by atoms with van der Waals surface area (Å²) in [6.45, 7) is 0. The van der Waals surface area contributed by atoms with Crippen LogP contribution in [0.1, 0.15) is 0 Å². The van der Waals surface area contributed by atoms with Crippen molar-refractivity contribution >= 4 is 70.1 Å². The standard InChI is InChI=1S/C48H33As2NO2/c52-49(40-22-12-4-13-23-40)42-30-37(34-16-6-1-7-17-34)26-28-46(42)51-47-29-27-38(35-18-8-2-9-19-35)31-43(47)50(53,41-24-14-5-15-25-41)45-33-39(32-44(49)48(45)51)36-20-10-3-11-21-36/h1-33H. The Morgan fingerprint density at radius 2 is 0.623 bits per heavy atom. The molecule has 0 N–H and O–H groups in total. The van der Waals surface area contributed by atoms with Crippen molar-refractivity contribution in [2.24, 2.45) is 0 Å². The maximum atomic E-state index is 16.7. The van der Waals surface area contributed by atoms with Crippen molar-refractivity contribution in [1.82, 2.24) is 0 Å². The van der Waals surface area contributed by atoms with Crippen LogP contribution in [0.3, 0.4) is 0 Å². The van der Waals surface area contributed by atoms with E-state index in [1.165, 1.54) is 0 Å². The summed E-state index contributed by atoms with van der Waals surface area (Å²) >= 11 is -9.01. The molecule has 8 aromatic carbocycles. The molecular formula is C48H33As2NO2. The zero-order valence-electron chi connectivity index (χ0n) is 28.7. The van der Waals surface area contributed by atoms with Gasteiger partial charge in [-0.3, -0.25) is 0 Å². The number of hydrogen-bond donors (Lipinski definition) is 0. The number of fused-ring (bicyclic) bond motifs is 4. The molecule has 2 heterocycles. The van der Waals surface area contributed by atoms with Crippen LogP contribution in [0.15, 0.2) is 200 Å². The molecule has 0 saturated heterocycles. The van der Waals surface area contributed by atoms with Gasteiger partial charge in [-0.15, -0.1) is 0 Å². The first-order valence-electron chi connectivity index (χ1n) is 17.8. The van der Waals surface area contributed by atoms with E-state index < -0.39 is 27.0 Å². The number of benzene rings is 8. The second-order valence-electron chi connectivity index (χ2n) is 13.6. The van der Waals surface area contributed by atoms with Crippen molar-refractivity contribution in [3.8, 4) is 33.4 Å². The zero-order chi connectivity index (χ0) is 35.6. The molecule has 0 aromatic heterocycles. The van der Waals surface area contributed by atoms with E-state index in [4.69, 9.17) is 0 Å². The molecule has 0 bridgehead atoms. The average molecular weight is 806 g/mol. The number of anilines is 3. The summed E-state index contributed by atoms with van der Waals surface area (Å²) in [6, 6.07) is 67.9. The minimum atomic E-state index is -4.51. The summed E-state index contributed by atoms with van der Waals surface area (Å²) in [5.41, 5.74) is 8.64. The molecule has 5 heteroatoms. The Hall–Kier alpha value is -5.72. The van der Waals surface area contributed by atoms with Crippen LogP contribution >= 0.6 is 0 Å². The Bertz CT molecular complexity index is 2600. The molecule has 2 aliphatic rings. The van der Waals surface area contributed by atoms with Gasteiger partial charge in [-0.2, -0.15) is 0 Å². The molecular weight excluding hydrogens is 772 g/mol. The molecule has 0 radical (unpaired) electrons. The van der Waals surface area contributed by atoms with Crippen LogP contribution in [0.4, 0.5) is 17.1 Å². The van der Waals surface area contributed by atoms with Gasteiger partial charge in [0.05, 0.1) is 0 Å². The number of hydrogen-bond acceptors (Lipinski definition) is 3. The van der Waals surface area contributed by atoms with Crippen molar-refractivity contribution in [1.29, 1.82) is 0 Å². The maximum absolute atomic E-state index is 16.7. The predicted molar refractivity (Wildman–Crippen MR) is 221 cm³/mol. The van der Waals surface area contributed by atoms with Crippen LogP contribution in [0, 0.1) is 0 Å². The topological polar surface area (TPSA) is 37.4 Å². The van der Waals surface area contributed by atoms with Gasteiger partial charge in [-0.05, 0) is 0 Å². The molecule has 0 saturated carbocycles. The van der Waals surface area contributed by atoms with Crippen molar-refractivity contribution in [2.75, 3.05) is 4.90 Å². The molecule has 0 fully saturated rings. The Morgan fingerprint density at radius 3 is 1.00 bits per heavy atom. The third kappa shape index (κ3) is 4.89. The summed E-state index contributed by atoms with van der Waals surface area (Å²) < 4.78 is 38.3. The fraction of sp³-hybridized carbons (Fsp3) is 0. The Kier molecular flexibility index (Phi) is 7.51. The van der Waals surface area contributed by atoms with Crippen LogP contribution < -0.4 is 31.0 Å². The summed E-state index contributed by atoms with van der Waals surface area (Å²) in [7, 11) is 0. The first kappa shape index (κ1) is 32.0. The normalized spacial score (nSPS) is 18.1. The summed E-state index contributed by atoms with van der Waals surface area (Å²) in [4.78, 5) is 2.27. The second-order valence-corrected chi connectivity index (χ2v) is 24.9. The Morgan fingerprint density at radius 1 is 0.302 bits per heavy atom. The van der Waals surface area contributed by atoms with Crippen molar-refractivity contribution < 1.29 is 7.48 Å². The Balaban J connectivity index is 1.37. The van der Waals surface area contributed by atoms with Gasteiger partial charge in [-0.25, -0.2) is 0 Å². The van der Waals surface area contributed by atoms with Gasteiger partial charge < -0.3 is 0 Å². The molecule has 2 aliphatic heterocycles. The Labute approximate surface area is 314 Å². The third-order valence-corrected chi connectivity index (χ3v) is 23.6. The van der Waals surface area contributed by atoms with Gasteiger partial charge in [-0.1, -0.05) is 0 Å². The van der Waals surface area contributed by atoms with Crippen LogP contribution in [0.2, 0.25) is 0 Å². The van der Waals surface area contributed by atoms with Gasteiger partial charge in [0.15, 0.2) is 0 Å². The molecule has 252 valence electrons. The molecule has 0 amide bonds. The molecule has 0 spiro atoms. The summed E-state index contributed by atoms with van der Waals surface area (Å²) in [6.07, 6.45) is 0. The van der Waals surface area contributed by atoms with Crippen molar-refractivity contribution in [3.05, 3.63) is 200 Å². The summed E-state index contributed by atoms with van der Waals surface area (Å²) in [5.74, 6) is 0. The first-order valence-corrected chi connectivity index (χ1v) is 25.0. The predicted octanol–water partition coefficient (Wildman–Crippen LogP) is 7.58. The molecule has 3 nitrogen and oxygen atoms in total. The molecule has 53 heavy (non-hydrogen) atoms. The van der Waals surface area contributed by atoms with E-state index in [1.807, 2.05) is 115 Å². The molecule has 2 unspecified atom stereocenters. The average Bonchev–Trinajstić information content (AvgIpc) is 3.24. The van der Waals surface area contributed by atoms with Crippen molar-refractivity contribution in [2.45, 2.75) is 0 Å². The fourth-order valence-electron chi connectivity index (χ4n) is 8.12. The molecule has 10 rings (SSSR count). The van der Waals surface area contributed by atoms with Crippen LogP contribution in [-0.2, 0) is 7.48 Å². The van der Waals surface area contributed by atoms with E-state index in [9.17, 15) is 0 Å². The minimum absolute atomic E-state index is 0.777. The van der Waals surface area contributed by atoms with E-state index in [0.29, 0.717) is 0 Å². The van der Waals surface area contributed by atoms with Gasteiger partial charge in [0.2, 0.25) is 0 Å². The zero-order valence-corrected chi connectivity index (χ0v) is 32.5. The van der Waals surface area contributed by atoms with Crippen molar-refractivity contribution in [3.63, 3.8) is 0 Å². The van der Waals surface area contributed by atoms with Gasteiger partial charge in [0, 0.05) is 0 Å². The molecule has 0 aliphatic carbocycles.